The molecule has 0 unspecified atom stereocenters. The van der Waals surface area contributed by atoms with Gasteiger partial charge in [0.05, 0.1) is 5.56 Å². The molecule has 0 aliphatic heterocycles. The van der Waals surface area contributed by atoms with E-state index in [1.807, 2.05) is 25.1 Å². The number of allylic oxidation sites excluding steroid dienone is 2. The summed E-state index contributed by atoms with van der Waals surface area (Å²) in [5, 5.41) is 0. The molecule has 2 aromatic carbocycles. The number of halogens is 2. The van der Waals surface area contributed by atoms with Gasteiger partial charge in [0, 0.05) is 12.1 Å². The van der Waals surface area contributed by atoms with Crippen LogP contribution in [0.15, 0.2) is 53.5 Å². The molecule has 0 saturated carbocycles. The van der Waals surface area contributed by atoms with E-state index in [1.165, 1.54) is 0 Å². The molecule has 0 aliphatic rings. The van der Waals surface area contributed by atoms with Crippen LogP contribution in [0.25, 0.3) is 0 Å². The lowest BCUT2D eigenvalue weighted by molar-refractivity contribution is 0.0734. The summed E-state index contributed by atoms with van der Waals surface area (Å²) in [7, 11) is 0. The third-order valence-corrected chi connectivity index (χ3v) is 3.38. The third-order valence-electron chi connectivity index (χ3n) is 3.38. The van der Waals surface area contributed by atoms with Crippen molar-refractivity contribution in [3.8, 4) is 5.75 Å². The molecule has 0 aromatic heterocycles. The quantitative estimate of drug-likeness (QED) is 0.323. The van der Waals surface area contributed by atoms with E-state index >= 15 is 0 Å². The molecule has 0 N–H and O–H groups in total. The molecule has 2 aromatic rings. The van der Waals surface area contributed by atoms with Gasteiger partial charge in [-0.05, 0) is 44.2 Å². The molecule has 2 rings (SSSR count). The summed E-state index contributed by atoms with van der Waals surface area (Å²) >= 11 is 0. The van der Waals surface area contributed by atoms with Gasteiger partial charge in [-0.25, -0.2) is 13.6 Å². The smallest absolute Gasteiger partial charge is 0.343 e. The van der Waals surface area contributed by atoms with E-state index in [-0.39, 0.29) is 5.75 Å². The van der Waals surface area contributed by atoms with Gasteiger partial charge >= 0.3 is 5.97 Å². The van der Waals surface area contributed by atoms with Crippen LogP contribution >= 0.6 is 0 Å². The van der Waals surface area contributed by atoms with Gasteiger partial charge in [0.2, 0.25) is 0 Å². The topological polar surface area (TPSA) is 38.7 Å². The number of rotatable bonds is 6. The lowest BCUT2D eigenvalue weighted by Gasteiger charge is -2.07. The van der Waals surface area contributed by atoms with E-state index in [0.29, 0.717) is 5.56 Å². The second-order valence-corrected chi connectivity index (χ2v) is 5.09. The van der Waals surface area contributed by atoms with Crippen LogP contribution in [-0.2, 0) is 6.42 Å². The van der Waals surface area contributed by atoms with Crippen molar-refractivity contribution in [2.75, 3.05) is 0 Å². The maximum atomic E-state index is 13.6. The fraction of sp³-hybridized carbons (Fsp3) is 0.158. The number of hydrogen-bond donors (Lipinski definition) is 0. The summed E-state index contributed by atoms with van der Waals surface area (Å²) in [5.41, 5.74) is 0.889. The molecule has 3 nitrogen and oxygen atoms in total. The highest BCUT2D eigenvalue weighted by Gasteiger charge is 2.14. The normalized spacial score (nSPS) is 10.8. The molecule has 0 saturated heterocycles. The fourth-order valence-electron chi connectivity index (χ4n) is 2.14. The molecule has 0 aliphatic carbocycles. The van der Waals surface area contributed by atoms with Crippen LogP contribution in [0, 0.1) is 11.6 Å². The Morgan fingerprint density at radius 2 is 1.83 bits per heavy atom. The molecular weight excluding hydrogens is 312 g/mol. The molecule has 24 heavy (non-hydrogen) atoms. The van der Waals surface area contributed by atoms with Crippen molar-refractivity contribution in [1.82, 2.24) is 0 Å². The second-order valence-electron chi connectivity index (χ2n) is 5.09. The van der Waals surface area contributed by atoms with Crippen molar-refractivity contribution < 1.29 is 18.3 Å². The first-order valence-corrected chi connectivity index (χ1v) is 7.43. The minimum Gasteiger partial charge on any atom is -0.423 e. The highest BCUT2D eigenvalue weighted by molar-refractivity contribution is 5.91. The Kier molecular flexibility index (Phi) is 5.95. The van der Waals surface area contributed by atoms with E-state index in [4.69, 9.17) is 4.74 Å². The zero-order valence-corrected chi connectivity index (χ0v) is 13.3. The van der Waals surface area contributed by atoms with Crippen LogP contribution in [0.3, 0.4) is 0 Å². The summed E-state index contributed by atoms with van der Waals surface area (Å²) in [4.78, 5) is 15.3. The highest BCUT2D eigenvalue weighted by atomic mass is 19.1. The fourth-order valence-corrected chi connectivity index (χ4v) is 2.14. The Morgan fingerprint density at radius 1 is 1.21 bits per heavy atom. The van der Waals surface area contributed by atoms with Gasteiger partial charge in [0.1, 0.15) is 11.4 Å². The van der Waals surface area contributed by atoms with Gasteiger partial charge in [-0.2, -0.15) is 0 Å². The van der Waals surface area contributed by atoms with Gasteiger partial charge in [-0.3, -0.25) is 4.99 Å². The first kappa shape index (κ1) is 17.5. The molecule has 0 radical (unpaired) electrons. The first-order valence-electron chi connectivity index (χ1n) is 7.43. The maximum Gasteiger partial charge on any atom is 0.343 e. The number of carbonyl (C=O) groups is 1. The van der Waals surface area contributed by atoms with Crippen molar-refractivity contribution in [2.45, 2.75) is 19.8 Å². The van der Waals surface area contributed by atoms with Gasteiger partial charge in [0.15, 0.2) is 11.6 Å². The number of esters is 1. The van der Waals surface area contributed by atoms with Crippen molar-refractivity contribution >= 4 is 18.4 Å². The number of aliphatic imine (C=N–C) groups is 1. The van der Waals surface area contributed by atoms with Crippen molar-refractivity contribution in [3.05, 3.63) is 71.3 Å². The number of hydrogen-bond acceptors (Lipinski definition) is 3. The van der Waals surface area contributed by atoms with E-state index in [1.54, 1.807) is 12.1 Å². The summed E-state index contributed by atoms with van der Waals surface area (Å²) in [6.07, 6.45) is 5.83. The van der Waals surface area contributed by atoms with Crippen molar-refractivity contribution in [2.24, 2.45) is 4.99 Å². The summed E-state index contributed by atoms with van der Waals surface area (Å²) in [6, 6.07) is 8.70. The largest absolute Gasteiger partial charge is 0.423 e. The van der Waals surface area contributed by atoms with Crippen LogP contribution in [0.5, 0.6) is 5.75 Å². The third kappa shape index (κ3) is 4.35. The molecule has 0 bridgehead atoms. The van der Waals surface area contributed by atoms with Gasteiger partial charge < -0.3 is 4.74 Å². The molecule has 0 amide bonds. The van der Waals surface area contributed by atoms with Crippen LogP contribution in [-0.4, -0.2) is 12.7 Å². The Hall–Kier alpha value is -2.82. The number of nitrogens with zero attached hydrogens (tertiary/aromatic N) is 1. The van der Waals surface area contributed by atoms with Gasteiger partial charge in [0.25, 0.3) is 0 Å². The predicted octanol–water partition coefficient (Wildman–Crippen LogP) is 5.02. The van der Waals surface area contributed by atoms with E-state index in [9.17, 15) is 13.6 Å². The summed E-state index contributed by atoms with van der Waals surface area (Å²) in [6.45, 7) is 5.04. The van der Waals surface area contributed by atoms with Gasteiger partial charge in [-0.15, -0.1) is 0 Å². The lowest BCUT2D eigenvalue weighted by Crippen LogP contribution is -2.09. The second kappa shape index (κ2) is 8.15. The molecule has 0 spiro atoms. The molecule has 0 atom stereocenters. The highest BCUT2D eigenvalue weighted by Crippen LogP contribution is 2.27. The van der Waals surface area contributed by atoms with E-state index < -0.39 is 23.3 Å². The SMILES string of the molecule is C=Nc1c(F)cc(OC(=O)c2ccc(CC/C=C/C)cc2)cc1F. The molecule has 0 fully saturated rings. The average molecular weight is 329 g/mol. The zero-order valence-electron chi connectivity index (χ0n) is 13.3. The maximum absolute atomic E-state index is 13.6. The number of benzene rings is 2. The number of aryl methyl sites for hydroxylation is 1. The van der Waals surface area contributed by atoms with E-state index in [2.05, 4.69) is 17.8 Å². The Morgan fingerprint density at radius 3 is 2.38 bits per heavy atom. The minimum atomic E-state index is -0.938. The number of carbonyl (C=O) groups excluding carboxylic acids is 1. The monoisotopic (exact) mass is 329 g/mol. The standard InChI is InChI=1S/C19H17F2NO2/c1-3-4-5-6-13-7-9-14(10-8-13)19(23)24-15-11-16(20)18(22-2)17(21)12-15/h3-4,7-12H,2,5-6H2,1H3/b4-3+. The molecule has 124 valence electrons. The lowest BCUT2D eigenvalue weighted by atomic mass is 10.1. The Labute approximate surface area is 139 Å². The van der Waals surface area contributed by atoms with Crippen molar-refractivity contribution in [3.63, 3.8) is 0 Å². The minimum absolute atomic E-state index is 0.223. The summed E-state index contributed by atoms with van der Waals surface area (Å²) in [5.74, 6) is -2.79. The molecule has 5 heteroatoms. The van der Waals surface area contributed by atoms with Crippen LogP contribution in [0.1, 0.15) is 29.3 Å². The van der Waals surface area contributed by atoms with Crippen LogP contribution in [0.2, 0.25) is 0 Å². The average Bonchev–Trinajstić information content (AvgIpc) is 2.55. The van der Waals surface area contributed by atoms with Crippen molar-refractivity contribution in [1.29, 1.82) is 0 Å². The Balaban J connectivity index is 2.08. The first-order chi connectivity index (χ1) is 11.5. The van der Waals surface area contributed by atoms with Crippen LogP contribution in [0.4, 0.5) is 14.5 Å². The predicted molar refractivity (Wildman–Crippen MR) is 90.1 cm³/mol. The van der Waals surface area contributed by atoms with E-state index in [0.717, 1.165) is 30.5 Å². The number of ether oxygens (including phenoxy) is 1. The molecule has 0 heterocycles. The summed E-state index contributed by atoms with van der Waals surface area (Å²) < 4.78 is 32.2. The Bertz CT molecular complexity index is 744. The van der Waals surface area contributed by atoms with Gasteiger partial charge in [-0.1, -0.05) is 24.3 Å². The zero-order chi connectivity index (χ0) is 17.5. The van der Waals surface area contributed by atoms with Crippen LogP contribution < -0.4 is 4.74 Å². The molecular formula is C19H17F2NO2.